The monoisotopic (exact) mass is 381 g/mol. The third-order valence-electron chi connectivity index (χ3n) is 4.84. The lowest BCUT2D eigenvalue weighted by molar-refractivity contribution is -0.140. The number of rotatable bonds is 6. The van der Waals surface area contributed by atoms with Crippen LogP contribution in [0.4, 0.5) is 18.9 Å². The van der Waals surface area contributed by atoms with Gasteiger partial charge in [0.15, 0.2) is 0 Å². The van der Waals surface area contributed by atoms with Gasteiger partial charge in [-0.3, -0.25) is 4.90 Å². The van der Waals surface area contributed by atoms with Crippen molar-refractivity contribution in [2.75, 3.05) is 38.2 Å². The molecule has 3 rings (SSSR count). The lowest BCUT2D eigenvalue weighted by Crippen LogP contribution is -2.47. The Morgan fingerprint density at radius 3 is 2.56 bits per heavy atom. The second-order valence-electron chi connectivity index (χ2n) is 7.38. The summed E-state index contributed by atoms with van der Waals surface area (Å²) in [5, 5.41) is 3.98. The zero-order chi connectivity index (χ0) is 19.4. The van der Waals surface area contributed by atoms with Crippen LogP contribution in [0.25, 0.3) is 10.9 Å². The average Bonchev–Trinajstić information content (AvgIpc) is 2.64. The van der Waals surface area contributed by atoms with Crippen molar-refractivity contribution in [1.29, 1.82) is 0 Å². The van der Waals surface area contributed by atoms with Gasteiger partial charge in [0.2, 0.25) is 0 Å². The molecule has 1 aromatic heterocycles. The van der Waals surface area contributed by atoms with E-state index in [1.165, 1.54) is 0 Å². The van der Waals surface area contributed by atoms with Crippen molar-refractivity contribution < 1.29 is 17.9 Å². The van der Waals surface area contributed by atoms with Crippen LogP contribution < -0.4 is 5.32 Å². The van der Waals surface area contributed by atoms with E-state index in [1.807, 2.05) is 6.07 Å². The first kappa shape index (κ1) is 19.9. The van der Waals surface area contributed by atoms with E-state index in [0.29, 0.717) is 42.3 Å². The highest BCUT2D eigenvalue weighted by Gasteiger charge is 2.33. The molecule has 1 atom stereocenters. The molecule has 1 unspecified atom stereocenters. The normalized spacial score (nSPS) is 17.4. The van der Waals surface area contributed by atoms with Gasteiger partial charge in [-0.05, 0) is 24.5 Å². The standard InChI is InChI=1S/C20H26F3N3O/c1-14(2)11-15(26-7-9-27-10-8-26)13-24-18-12-19(20(21,22)23)25-17-6-4-3-5-16(17)18/h3-6,12,14-15H,7-11,13H2,1-2H3,(H,24,25). The zero-order valence-corrected chi connectivity index (χ0v) is 15.7. The summed E-state index contributed by atoms with van der Waals surface area (Å²) in [5.41, 5.74) is -0.0352. The molecule has 148 valence electrons. The van der Waals surface area contributed by atoms with Gasteiger partial charge < -0.3 is 10.1 Å². The van der Waals surface area contributed by atoms with Crippen molar-refractivity contribution in [3.63, 3.8) is 0 Å². The van der Waals surface area contributed by atoms with Crippen LogP contribution in [0.1, 0.15) is 26.0 Å². The topological polar surface area (TPSA) is 37.4 Å². The maximum absolute atomic E-state index is 13.2. The van der Waals surface area contributed by atoms with Gasteiger partial charge in [0.1, 0.15) is 5.69 Å². The van der Waals surface area contributed by atoms with Crippen molar-refractivity contribution in [1.82, 2.24) is 9.88 Å². The van der Waals surface area contributed by atoms with E-state index in [1.54, 1.807) is 18.2 Å². The summed E-state index contributed by atoms with van der Waals surface area (Å²) >= 11 is 0. The average molecular weight is 381 g/mol. The molecule has 0 radical (unpaired) electrons. The van der Waals surface area contributed by atoms with Crippen LogP contribution in [0.2, 0.25) is 0 Å². The molecule has 1 aliphatic rings. The Hall–Kier alpha value is -1.86. The Labute approximate surface area is 157 Å². The van der Waals surface area contributed by atoms with Crippen LogP contribution in [0, 0.1) is 5.92 Å². The summed E-state index contributed by atoms with van der Waals surface area (Å²) in [5.74, 6) is 0.500. The Bertz CT molecular complexity index is 758. The second-order valence-corrected chi connectivity index (χ2v) is 7.38. The fraction of sp³-hybridized carbons (Fsp3) is 0.550. The number of morpholine rings is 1. The van der Waals surface area contributed by atoms with E-state index in [2.05, 4.69) is 29.0 Å². The minimum Gasteiger partial charge on any atom is -0.383 e. The van der Waals surface area contributed by atoms with Gasteiger partial charge in [-0.2, -0.15) is 13.2 Å². The Kier molecular flexibility index (Phi) is 6.22. The molecule has 0 bridgehead atoms. The van der Waals surface area contributed by atoms with E-state index in [4.69, 9.17) is 4.74 Å². The fourth-order valence-corrected chi connectivity index (χ4v) is 3.54. The molecular weight excluding hydrogens is 355 g/mol. The van der Waals surface area contributed by atoms with Gasteiger partial charge in [0, 0.05) is 36.7 Å². The molecule has 1 aliphatic heterocycles. The maximum atomic E-state index is 13.2. The van der Waals surface area contributed by atoms with Gasteiger partial charge in [-0.25, -0.2) is 4.98 Å². The molecule has 1 N–H and O–H groups in total. The number of halogens is 3. The predicted molar refractivity (Wildman–Crippen MR) is 101 cm³/mol. The van der Waals surface area contributed by atoms with Crippen molar-refractivity contribution in [3.8, 4) is 0 Å². The van der Waals surface area contributed by atoms with Crippen molar-refractivity contribution >= 4 is 16.6 Å². The molecule has 4 nitrogen and oxygen atoms in total. The molecule has 7 heteroatoms. The molecule has 1 fully saturated rings. The van der Waals surface area contributed by atoms with E-state index in [9.17, 15) is 13.2 Å². The van der Waals surface area contributed by atoms with Gasteiger partial charge in [-0.1, -0.05) is 32.0 Å². The summed E-state index contributed by atoms with van der Waals surface area (Å²) in [7, 11) is 0. The number of ether oxygens (including phenoxy) is 1. The molecule has 1 aromatic carbocycles. The number of nitrogens with zero attached hydrogens (tertiary/aromatic N) is 2. The molecule has 0 aliphatic carbocycles. The number of hydrogen-bond acceptors (Lipinski definition) is 4. The number of para-hydroxylation sites is 1. The highest BCUT2D eigenvalue weighted by molar-refractivity contribution is 5.91. The highest BCUT2D eigenvalue weighted by Crippen LogP contribution is 2.33. The Morgan fingerprint density at radius 2 is 1.89 bits per heavy atom. The molecule has 27 heavy (non-hydrogen) atoms. The van der Waals surface area contributed by atoms with Gasteiger partial charge >= 0.3 is 6.18 Å². The van der Waals surface area contributed by atoms with Crippen molar-refractivity contribution in [3.05, 3.63) is 36.0 Å². The van der Waals surface area contributed by atoms with Gasteiger partial charge in [-0.15, -0.1) is 0 Å². The molecule has 0 spiro atoms. The van der Waals surface area contributed by atoms with E-state index in [0.717, 1.165) is 25.6 Å². The van der Waals surface area contributed by atoms with Gasteiger partial charge in [0.05, 0.1) is 18.7 Å². The van der Waals surface area contributed by atoms with Crippen LogP contribution in [0.15, 0.2) is 30.3 Å². The number of hydrogen-bond donors (Lipinski definition) is 1. The number of pyridine rings is 1. The SMILES string of the molecule is CC(C)CC(CNc1cc(C(F)(F)F)nc2ccccc12)N1CCOCC1. The number of alkyl halides is 3. The fourth-order valence-electron chi connectivity index (χ4n) is 3.54. The largest absolute Gasteiger partial charge is 0.433 e. The molecule has 0 saturated carbocycles. The summed E-state index contributed by atoms with van der Waals surface area (Å²) < 4.78 is 45.2. The second kappa shape index (κ2) is 8.44. The lowest BCUT2D eigenvalue weighted by Gasteiger charge is -2.35. The first-order valence-electron chi connectivity index (χ1n) is 9.37. The number of nitrogens with one attached hydrogen (secondary N) is 1. The van der Waals surface area contributed by atoms with Crippen LogP contribution in [0.3, 0.4) is 0 Å². The smallest absolute Gasteiger partial charge is 0.383 e. The minimum absolute atomic E-state index is 0.246. The van der Waals surface area contributed by atoms with Crippen LogP contribution in [-0.2, 0) is 10.9 Å². The van der Waals surface area contributed by atoms with Crippen LogP contribution in [-0.4, -0.2) is 48.8 Å². The first-order chi connectivity index (χ1) is 12.8. The first-order valence-corrected chi connectivity index (χ1v) is 9.37. The molecular formula is C20H26F3N3O. The predicted octanol–water partition coefficient (Wildman–Crippen LogP) is 4.41. The zero-order valence-electron chi connectivity index (χ0n) is 15.7. The minimum atomic E-state index is -4.47. The van der Waals surface area contributed by atoms with Crippen molar-refractivity contribution in [2.45, 2.75) is 32.5 Å². The number of fused-ring (bicyclic) bond motifs is 1. The molecule has 2 aromatic rings. The number of benzene rings is 1. The lowest BCUT2D eigenvalue weighted by atomic mass is 10.0. The van der Waals surface area contributed by atoms with Crippen LogP contribution in [0.5, 0.6) is 0 Å². The summed E-state index contributed by atoms with van der Waals surface area (Å²) in [6.07, 6.45) is -3.50. The number of aromatic nitrogens is 1. The summed E-state index contributed by atoms with van der Waals surface area (Å²) in [6, 6.07) is 8.30. The van der Waals surface area contributed by atoms with E-state index < -0.39 is 11.9 Å². The summed E-state index contributed by atoms with van der Waals surface area (Å²) in [4.78, 5) is 6.15. The van der Waals surface area contributed by atoms with E-state index in [-0.39, 0.29) is 6.04 Å². The van der Waals surface area contributed by atoms with E-state index >= 15 is 0 Å². The third kappa shape index (κ3) is 5.11. The maximum Gasteiger partial charge on any atom is 0.433 e. The molecule has 2 heterocycles. The van der Waals surface area contributed by atoms with Crippen LogP contribution >= 0.6 is 0 Å². The third-order valence-corrected chi connectivity index (χ3v) is 4.84. The molecule has 0 amide bonds. The van der Waals surface area contributed by atoms with Gasteiger partial charge in [0.25, 0.3) is 0 Å². The Morgan fingerprint density at radius 1 is 1.19 bits per heavy atom. The highest BCUT2D eigenvalue weighted by atomic mass is 19.4. The Balaban J connectivity index is 1.85. The molecule has 1 saturated heterocycles. The van der Waals surface area contributed by atoms with Crippen molar-refractivity contribution in [2.24, 2.45) is 5.92 Å². The number of anilines is 1. The quantitative estimate of drug-likeness (QED) is 0.804. The summed E-state index contributed by atoms with van der Waals surface area (Å²) in [6.45, 7) is 8.02.